The van der Waals surface area contributed by atoms with Gasteiger partial charge in [0.2, 0.25) is 5.91 Å². The number of methoxy groups -OCH3 is 2. The van der Waals surface area contributed by atoms with Gasteiger partial charge in [-0.2, -0.15) is 0 Å². The van der Waals surface area contributed by atoms with Crippen LogP contribution in [0.15, 0.2) is 48.5 Å². The van der Waals surface area contributed by atoms with E-state index in [0.29, 0.717) is 22.2 Å². The number of hydrogen-bond acceptors (Lipinski definition) is 3. The first-order valence-corrected chi connectivity index (χ1v) is 6.97. The van der Waals surface area contributed by atoms with E-state index in [4.69, 9.17) is 21.1 Å². The fraction of sp³-hybridized carbons (Fsp3) is 0.118. The van der Waals surface area contributed by atoms with Gasteiger partial charge < -0.3 is 14.8 Å². The lowest BCUT2D eigenvalue weighted by Crippen LogP contribution is -2.07. The number of carbonyl (C=O) groups is 1. The summed E-state index contributed by atoms with van der Waals surface area (Å²) in [5, 5.41) is 3.17. The highest BCUT2D eigenvalue weighted by Gasteiger charge is 2.04. The van der Waals surface area contributed by atoms with Crippen LogP contribution in [0.5, 0.6) is 11.5 Å². The number of ether oxygens (including phenoxy) is 2. The highest BCUT2D eigenvalue weighted by atomic mass is 35.5. The molecule has 22 heavy (non-hydrogen) atoms. The SMILES string of the molecule is COc1ccc(NC(=O)C=Cc2ccccc2OC)cc1Cl. The molecule has 0 radical (unpaired) electrons. The molecular weight excluding hydrogens is 302 g/mol. The number of anilines is 1. The first-order chi connectivity index (χ1) is 10.6. The van der Waals surface area contributed by atoms with E-state index in [1.807, 2.05) is 24.3 Å². The Balaban J connectivity index is 2.06. The molecule has 0 atom stereocenters. The van der Waals surface area contributed by atoms with Crippen LogP contribution in [0, 0.1) is 0 Å². The number of amides is 1. The van der Waals surface area contributed by atoms with E-state index in [9.17, 15) is 4.79 Å². The van der Waals surface area contributed by atoms with Crippen molar-refractivity contribution in [2.75, 3.05) is 19.5 Å². The highest BCUT2D eigenvalue weighted by molar-refractivity contribution is 6.32. The predicted octanol–water partition coefficient (Wildman–Crippen LogP) is 4.01. The van der Waals surface area contributed by atoms with E-state index in [1.54, 1.807) is 31.4 Å². The summed E-state index contributed by atoms with van der Waals surface area (Å²) < 4.78 is 10.3. The van der Waals surface area contributed by atoms with E-state index < -0.39 is 0 Å². The Kier molecular flexibility index (Phi) is 5.44. The minimum atomic E-state index is -0.257. The summed E-state index contributed by atoms with van der Waals surface area (Å²) in [5.74, 6) is 1.01. The monoisotopic (exact) mass is 317 g/mol. The molecule has 0 fully saturated rings. The third-order valence-electron chi connectivity index (χ3n) is 2.97. The molecule has 1 N–H and O–H groups in total. The third kappa shape index (κ3) is 4.02. The van der Waals surface area contributed by atoms with Gasteiger partial charge in [0.1, 0.15) is 11.5 Å². The molecule has 0 heterocycles. The summed E-state index contributed by atoms with van der Waals surface area (Å²) >= 11 is 6.01. The zero-order valence-corrected chi connectivity index (χ0v) is 13.1. The fourth-order valence-corrected chi connectivity index (χ4v) is 2.16. The standard InChI is InChI=1S/C17H16ClNO3/c1-21-15-6-4-3-5-12(15)7-10-17(20)19-13-8-9-16(22-2)14(18)11-13/h3-11H,1-2H3,(H,19,20). The molecule has 2 aromatic rings. The molecule has 0 saturated carbocycles. The van der Waals surface area contributed by atoms with Crippen molar-refractivity contribution in [3.05, 3.63) is 59.1 Å². The van der Waals surface area contributed by atoms with E-state index in [2.05, 4.69) is 5.32 Å². The number of benzene rings is 2. The number of nitrogens with one attached hydrogen (secondary N) is 1. The smallest absolute Gasteiger partial charge is 0.248 e. The van der Waals surface area contributed by atoms with Gasteiger partial charge in [-0.05, 0) is 30.3 Å². The van der Waals surface area contributed by atoms with Gasteiger partial charge in [-0.1, -0.05) is 29.8 Å². The maximum atomic E-state index is 11.9. The lowest BCUT2D eigenvalue weighted by atomic mass is 10.2. The van der Waals surface area contributed by atoms with Crippen LogP contribution in [0.25, 0.3) is 6.08 Å². The molecule has 0 aromatic heterocycles. The third-order valence-corrected chi connectivity index (χ3v) is 3.27. The van der Waals surface area contributed by atoms with E-state index in [1.165, 1.54) is 13.2 Å². The minimum Gasteiger partial charge on any atom is -0.496 e. The molecule has 0 aliphatic heterocycles. The maximum absolute atomic E-state index is 11.9. The Morgan fingerprint density at radius 3 is 2.50 bits per heavy atom. The fourth-order valence-electron chi connectivity index (χ4n) is 1.90. The first-order valence-electron chi connectivity index (χ1n) is 6.59. The molecule has 5 heteroatoms. The number of hydrogen-bond donors (Lipinski definition) is 1. The molecule has 4 nitrogen and oxygen atoms in total. The number of carbonyl (C=O) groups excluding carboxylic acids is 1. The van der Waals surface area contributed by atoms with E-state index in [0.717, 1.165) is 5.56 Å². The molecule has 2 aromatic carbocycles. The zero-order chi connectivity index (χ0) is 15.9. The molecule has 114 valence electrons. The second-order valence-electron chi connectivity index (χ2n) is 4.41. The number of halogens is 1. The summed E-state index contributed by atoms with van der Waals surface area (Å²) in [5.41, 5.74) is 1.42. The van der Waals surface area contributed by atoms with Crippen molar-refractivity contribution in [2.24, 2.45) is 0 Å². The van der Waals surface area contributed by atoms with Gasteiger partial charge in [0.25, 0.3) is 0 Å². The summed E-state index contributed by atoms with van der Waals surface area (Å²) in [7, 11) is 3.13. The van der Waals surface area contributed by atoms with Gasteiger partial charge in [-0.15, -0.1) is 0 Å². The Morgan fingerprint density at radius 2 is 1.82 bits per heavy atom. The van der Waals surface area contributed by atoms with Gasteiger partial charge in [-0.3, -0.25) is 4.79 Å². The summed E-state index contributed by atoms with van der Waals surface area (Å²) in [6.45, 7) is 0. The maximum Gasteiger partial charge on any atom is 0.248 e. The molecule has 0 saturated heterocycles. The van der Waals surface area contributed by atoms with Crippen molar-refractivity contribution in [3.63, 3.8) is 0 Å². The molecule has 0 spiro atoms. The van der Waals surface area contributed by atoms with Crippen molar-refractivity contribution in [1.29, 1.82) is 0 Å². The molecular formula is C17H16ClNO3. The van der Waals surface area contributed by atoms with E-state index >= 15 is 0 Å². The van der Waals surface area contributed by atoms with Gasteiger partial charge >= 0.3 is 0 Å². The van der Waals surface area contributed by atoms with Crippen molar-refractivity contribution < 1.29 is 14.3 Å². The lowest BCUT2D eigenvalue weighted by Gasteiger charge is -2.06. The van der Waals surface area contributed by atoms with Crippen LogP contribution in [0.4, 0.5) is 5.69 Å². The Morgan fingerprint density at radius 1 is 1.09 bits per heavy atom. The Hall–Kier alpha value is -2.46. The van der Waals surface area contributed by atoms with Gasteiger partial charge in [0.15, 0.2) is 0 Å². The van der Waals surface area contributed by atoms with Crippen LogP contribution in [-0.4, -0.2) is 20.1 Å². The molecule has 2 rings (SSSR count). The van der Waals surface area contributed by atoms with Gasteiger partial charge in [0, 0.05) is 17.3 Å². The van der Waals surface area contributed by atoms with Crippen LogP contribution in [0.3, 0.4) is 0 Å². The van der Waals surface area contributed by atoms with Crippen molar-refractivity contribution >= 4 is 29.3 Å². The second kappa shape index (κ2) is 7.52. The average Bonchev–Trinajstić information content (AvgIpc) is 2.53. The molecule has 1 amide bonds. The molecule has 0 unspecified atom stereocenters. The van der Waals surface area contributed by atoms with Gasteiger partial charge in [-0.25, -0.2) is 0 Å². The van der Waals surface area contributed by atoms with Crippen molar-refractivity contribution in [2.45, 2.75) is 0 Å². The molecule has 0 bridgehead atoms. The van der Waals surface area contributed by atoms with Crippen LogP contribution in [-0.2, 0) is 4.79 Å². The largest absolute Gasteiger partial charge is 0.496 e. The summed E-state index contributed by atoms with van der Waals surface area (Å²) in [4.78, 5) is 11.9. The average molecular weight is 318 g/mol. The Labute approximate surface area is 134 Å². The second-order valence-corrected chi connectivity index (χ2v) is 4.82. The van der Waals surface area contributed by atoms with Crippen LogP contribution >= 0.6 is 11.6 Å². The van der Waals surface area contributed by atoms with Crippen LogP contribution in [0.1, 0.15) is 5.56 Å². The first kappa shape index (κ1) is 15.9. The van der Waals surface area contributed by atoms with Crippen LogP contribution < -0.4 is 14.8 Å². The highest BCUT2D eigenvalue weighted by Crippen LogP contribution is 2.27. The molecule has 0 aliphatic rings. The number of para-hydroxylation sites is 1. The predicted molar refractivity (Wildman–Crippen MR) is 88.7 cm³/mol. The quantitative estimate of drug-likeness (QED) is 0.848. The van der Waals surface area contributed by atoms with Crippen molar-refractivity contribution in [1.82, 2.24) is 0 Å². The van der Waals surface area contributed by atoms with E-state index in [-0.39, 0.29) is 5.91 Å². The topological polar surface area (TPSA) is 47.6 Å². The zero-order valence-electron chi connectivity index (χ0n) is 12.3. The summed E-state index contributed by atoms with van der Waals surface area (Å²) in [6, 6.07) is 12.5. The van der Waals surface area contributed by atoms with Gasteiger partial charge in [0.05, 0.1) is 19.2 Å². The molecule has 0 aliphatic carbocycles. The van der Waals surface area contributed by atoms with Crippen molar-refractivity contribution in [3.8, 4) is 11.5 Å². The lowest BCUT2D eigenvalue weighted by molar-refractivity contribution is -0.111. The minimum absolute atomic E-state index is 0.257. The Bertz CT molecular complexity index is 698. The number of rotatable bonds is 5. The normalized spacial score (nSPS) is 10.5. The van der Waals surface area contributed by atoms with Crippen LogP contribution in [0.2, 0.25) is 5.02 Å². The summed E-state index contributed by atoms with van der Waals surface area (Å²) in [6.07, 6.45) is 3.13.